The van der Waals surface area contributed by atoms with Crippen molar-refractivity contribution in [3.05, 3.63) is 35.4 Å². The van der Waals surface area contributed by atoms with Crippen LogP contribution in [0.2, 0.25) is 0 Å². The first-order valence-electron chi connectivity index (χ1n) is 5.03. The summed E-state index contributed by atoms with van der Waals surface area (Å²) in [7, 11) is -0.304. The molecule has 1 aromatic carbocycles. The molecular weight excluding hydrogens is 243 g/mol. The predicted octanol–water partition coefficient (Wildman–Crippen LogP) is 2.41. The van der Waals surface area contributed by atoms with E-state index in [0.717, 1.165) is 5.56 Å². The van der Waals surface area contributed by atoms with Crippen molar-refractivity contribution in [3.8, 4) is 0 Å². The highest BCUT2D eigenvalue weighted by Crippen LogP contribution is 2.46. The summed E-state index contributed by atoms with van der Waals surface area (Å²) in [6, 6.07) is 6.42. The van der Waals surface area contributed by atoms with E-state index >= 15 is 0 Å². The molecule has 1 N–H and O–H groups in total. The van der Waals surface area contributed by atoms with Crippen molar-refractivity contribution < 1.29 is 23.5 Å². The maximum atomic E-state index is 11.8. The van der Waals surface area contributed by atoms with Crippen LogP contribution in [0.4, 0.5) is 0 Å². The second-order valence-corrected chi connectivity index (χ2v) is 5.85. The van der Waals surface area contributed by atoms with E-state index in [-0.39, 0.29) is 11.7 Å². The van der Waals surface area contributed by atoms with Crippen LogP contribution in [0.3, 0.4) is 0 Å². The van der Waals surface area contributed by atoms with Gasteiger partial charge in [0.2, 0.25) is 0 Å². The summed E-state index contributed by atoms with van der Waals surface area (Å²) in [6.45, 7) is 0. The number of benzene rings is 1. The van der Waals surface area contributed by atoms with E-state index in [2.05, 4.69) is 0 Å². The molecule has 0 aromatic heterocycles. The van der Waals surface area contributed by atoms with Gasteiger partial charge in [0, 0.05) is 14.2 Å². The molecule has 5 nitrogen and oxygen atoms in total. The third-order valence-corrected chi connectivity index (χ3v) is 4.32. The fraction of sp³-hybridized carbons (Fsp3) is 0.364. The number of rotatable bonds is 6. The van der Waals surface area contributed by atoms with Crippen molar-refractivity contribution in [2.24, 2.45) is 0 Å². The molecule has 6 heteroatoms. The molecule has 17 heavy (non-hydrogen) atoms. The van der Waals surface area contributed by atoms with Crippen molar-refractivity contribution in [3.63, 3.8) is 0 Å². The average molecular weight is 258 g/mol. The Balaban J connectivity index is 2.64. The molecule has 94 valence electrons. The summed E-state index contributed by atoms with van der Waals surface area (Å²) in [5.41, 5.74) is 1.12. The van der Waals surface area contributed by atoms with Crippen LogP contribution in [-0.2, 0) is 20.0 Å². The van der Waals surface area contributed by atoms with Crippen molar-refractivity contribution in [2.75, 3.05) is 20.4 Å². The molecule has 1 rings (SSSR count). The first-order chi connectivity index (χ1) is 8.00. The standard InChI is InChI=1S/C11H15O5P/c1-15-17(14,16-2)8-7-9-3-5-10(6-4-9)11(12)13/h3-6H,7-8H2,1-2H3,(H,12,13). The van der Waals surface area contributed by atoms with Gasteiger partial charge in [-0.15, -0.1) is 0 Å². The Hall–Kier alpha value is -1.16. The number of aromatic carboxylic acids is 1. The van der Waals surface area contributed by atoms with Gasteiger partial charge in [0.05, 0.1) is 11.7 Å². The lowest BCUT2D eigenvalue weighted by molar-refractivity contribution is 0.0697. The van der Waals surface area contributed by atoms with Crippen LogP contribution in [0.1, 0.15) is 15.9 Å². The molecule has 0 saturated carbocycles. The lowest BCUT2D eigenvalue weighted by Crippen LogP contribution is -2.00. The largest absolute Gasteiger partial charge is 0.478 e. The highest BCUT2D eigenvalue weighted by Gasteiger charge is 2.20. The van der Waals surface area contributed by atoms with Gasteiger partial charge in [-0.05, 0) is 24.1 Å². The maximum absolute atomic E-state index is 11.8. The number of carboxylic acids is 1. The monoisotopic (exact) mass is 258 g/mol. The number of carbonyl (C=O) groups is 1. The van der Waals surface area contributed by atoms with Crippen LogP contribution < -0.4 is 0 Å². The summed E-state index contributed by atoms with van der Waals surface area (Å²) < 4.78 is 21.4. The highest BCUT2D eigenvalue weighted by molar-refractivity contribution is 7.53. The molecule has 0 aliphatic carbocycles. The molecule has 0 radical (unpaired) electrons. The van der Waals surface area contributed by atoms with Crippen LogP contribution in [0.25, 0.3) is 0 Å². The van der Waals surface area contributed by atoms with E-state index in [4.69, 9.17) is 14.2 Å². The Bertz CT molecular complexity index is 418. The van der Waals surface area contributed by atoms with Crippen molar-refractivity contribution in [2.45, 2.75) is 6.42 Å². The van der Waals surface area contributed by atoms with Gasteiger partial charge in [-0.3, -0.25) is 4.57 Å². The lowest BCUT2D eigenvalue weighted by atomic mass is 10.1. The van der Waals surface area contributed by atoms with Crippen molar-refractivity contribution in [1.29, 1.82) is 0 Å². The molecule has 1 aromatic rings. The molecule has 0 atom stereocenters. The molecule has 0 aliphatic heterocycles. The Morgan fingerprint density at radius 2 is 1.76 bits per heavy atom. The van der Waals surface area contributed by atoms with Crippen LogP contribution >= 0.6 is 7.60 Å². The summed E-state index contributed by atoms with van der Waals surface area (Å²) in [6.07, 6.45) is 0.783. The quantitative estimate of drug-likeness (QED) is 0.793. The minimum atomic E-state index is -2.99. The molecule has 0 heterocycles. The highest BCUT2D eigenvalue weighted by atomic mass is 31.2. The maximum Gasteiger partial charge on any atom is 0.335 e. The topological polar surface area (TPSA) is 72.8 Å². The SMILES string of the molecule is COP(=O)(CCc1ccc(C(=O)O)cc1)OC. The van der Waals surface area contributed by atoms with Gasteiger partial charge in [0.25, 0.3) is 0 Å². The van der Waals surface area contributed by atoms with E-state index in [9.17, 15) is 9.36 Å². The van der Waals surface area contributed by atoms with Gasteiger partial charge in [-0.1, -0.05) is 12.1 Å². The molecule has 0 unspecified atom stereocenters. The Morgan fingerprint density at radius 3 is 2.18 bits per heavy atom. The Kier molecular flexibility index (Phi) is 4.87. The molecule has 0 amide bonds. The molecule has 0 spiro atoms. The van der Waals surface area contributed by atoms with Gasteiger partial charge < -0.3 is 14.2 Å². The van der Waals surface area contributed by atoms with Gasteiger partial charge in [0.1, 0.15) is 0 Å². The fourth-order valence-corrected chi connectivity index (χ4v) is 2.38. The van der Waals surface area contributed by atoms with E-state index in [1.165, 1.54) is 26.4 Å². The second-order valence-electron chi connectivity index (χ2n) is 3.45. The normalized spacial score (nSPS) is 11.4. The first-order valence-corrected chi connectivity index (χ1v) is 6.76. The predicted molar refractivity (Wildman–Crippen MR) is 63.6 cm³/mol. The van der Waals surface area contributed by atoms with Crippen LogP contribution in [0.5, 0.6) is 0 Å². The second kappa shape index (κ2) is 5.96. The smallest absolute Gasteiger partial charge is 0.335 e. The van der Waals surface area contributed by atoms with Crippen LogP contribution in [0, 0.1) is 0 Å². The molecule has 0 aliphatic rings. The zero-order chi connectivity index (χ0) is 12.9. The molecule has 0 bridgehead atoms. The van der Waals surface area contributed by atoms with Crippen LogP contribution in [-0.4, -0.2) is 31.5 Å². The summed E-state index contributed by atoms with van der Waals surface area (Å²) in [4.78, 5) is 10.6. The van der Waals surface area contributed by atoms with E-state index < -0.39 is 13.6 Å². The van der Waals surface area contributed by atoms with E-state index in [1.807, 2.05) is 0 Å². The van der Waals surface area contributed by atoms with E-state index in [0.29, 0.717) is 6.42 Å². The summed E-state index contributed by atoms with van der Waals surface area (Å²) in [5, 5.41) is 8.73. The van der Waals surface area contributed by atoms with Gasteiger partial charge in [-0.2, -0.15) is 0 Å². The van der Waals surface area contributed by atoms with Gasteiger partial charge in [0.15, 0.2) is 0 Å². The minimum absolute atomic E-state index is 0.232. The Labute approximate surface area is 99.9 Å². The van der Waals surface area contributed by atoms with E-state index in [1.54, 1.807) is 12.1 Å². The Morgan fingerprint density at radius 1 is 1.24 bits per heavy atom. The summed E-state index contributed by atoms with van der Waals surface area (Å²) in [5.74, 6) is -0.962. The minimum Gasteiger partial charge on any atom is -0.478 e. The molecule has 0 saturated heterocycles. The lowest BCUT2D eigenvalue weighted by Gasteiger charge is -2.13. The van der Waals surface area contributed by atoms with Gasteiger partial charge in [-0.25, -0.2) is 4.79 Å². The number of hydrogen-bond acceptors (Lipinski definition) is 4. The first kappa shape index (κ1) is 13.9. The van der Waals surface area contributed by atoms with Crippen molar-refractivity contribution >= 4 is 13.6 Å². The van der Waals surface area contributed by atoms with Crippen molar-refractivity contribution in [1.82, 2.24) is 0 Å². The molecule has 0 fully saturated rings. The fourth-order valence-electron chi connectivity index (χ4n) is 1.34. The number of aryl methyl sites for hydroxylation is 1. The molecular formula is C11H15O5P. The number of carboxylic acid groups (broad SMARTS) is 1. The summed E-state index contributed by atoms with van der Waals surface area (Å²) >= 11 is 0. The zero-order valence-electron chi connectivity index (χ0n) is 9.75. The third-order valence-electron chi connectivity index (χ3n) is 2.43. The zero-order valence-corrected chi connectivity index (χ0v) is 10.6. The van der Waals surface area contributed by atoms with Gasteiger partial charge >= 0.3 is 13.6 Å². The number of hydrogen-bond donors (Lipinski definition) is 1. The third kappa shape index (κ3) is 3.97. The average Bonchev–Trinajstić information content (AvgIpc) is 2.36. The van der Waals surface area contributed by atoms with Crippen LogP contribution in [0.15, 0.2) is 24.3 Å².